The summed E-state index contributed by atoms with van der Waals surface area (Å²) in [5, 5.41) is 12.7. The number of benzene rings is 1. The Balaban J connectivity index is 1.82. The number of hydrogen-bond donors (Lipinski definition) is 0. The van der Waals surface area contributed by atoms with Gasteiger partial charge in [-0.15, -0.1) is 5.10 Å². The SMILES string of the molecule is COc1ccc(OC)c(C2CCCN2C(=O)Cn2cnc(C#N)n2)c1. The number of nitriles is 1. The van der Waals surface area contributed by atoms with Gasteiger partial charge in [-0.2, -0.15) is 5.26 Å². The zero-order valence-corrected chi connectivity index (χ0v) is 14.2. The minimum atomic E-state index is -0.0727. The van der Waals surface area contributed by atoms with E-state index in [1.807, 2.05) is 29.2 Å². The minimum absolute atomic E-state index is 0.0530. The van der Waals surface area contributed by atoms with Crippen molar-refractivity contribution < 1.29 is 14.3 Å². The summed E-state index contributed by atoms with van der Waals surface area (Å²) in [6.07, 6.45) is 3.17. The van der Waals surface area contributed by atoms with Crippen LogP contribution in [0.2, 0.25) is 0 Å². The van der Waals surface area contributed by atoms with E-state index in [-0.39, 0.29) is 24.3 Å². The van der Waals surface area contributed by atoms with Crippen LogP contribution in [0.4, 0.5) is 0 Å². The van der Waals surface area contributed by atoms with Crippen LogP contribution in [-0.2, 0) is 11.3 Å². The topological polar surface area (TPSA) is 93.3 Å². The molecule has 8 nitrogen and oxygen atoms in total. The van der Waals surface area contributed by atoms with Crippen LogP contribution >= 0.6 is 0 Å². The lowest BCUT2D eigenvalue weighted by molar-refractivity contribution is -0.133. The molecule has 0 N–H and O–H groups in total. The monoisotopic (exact) mass is 341 g/mol. The van der Waals surface area contributed by atoms with Crippen molar-refractivity contribution in [1.29, 1.82) is 5.26 Å². The maximum Gasteiger partial charge on any atom is 0.252 e. The van der Waals surface area contributed by atoms with Crippen LogP contribution in [0.25, 0.3) is 0 Å². The number of hydrogen-bond acceptors (Lipinski definition) is 6. The molecule has 1 fully saturated rings. The second kappa shape index (κ2) is 7.21. The van der Waals surface area contributed by atoms with Gasteiger partial charge in [0.1, 0.15) is 30.4 Å². The maximum atomic E-state index is 12.7. The van der Waals surface area contributed by atoms with Crippen LogP contribution in [0.15, 0.2) is 24.5 Å². The third-order valence-electron chi connectivity index (χ3n) is 4.30. The summed E-state index contributed by atoms with van der Waals surface area (Å²) in [6.45, 7) is 0.723. The van der Waals surface area contributed by atoms with E-state index in [2.05, 4.69) is 10.1 Å². The highest BCUT2D eigenvalue weighted by atomic mass is 16.5. The van der Waals surface area contributed by atoms with Crippen LogP contribution in [-0.4, -0.2) is 46.3 Å². The predicted molar refractivity (Wildman–Crippen MR) is 88.0 cm³/mol. The van der Waals surface area contributed by atoms with E-state index in [0.717, 1.165) is 29.9 Å². The number of nitrogens with zero attached hydrogens (tertiary/aromatic N) is 5. The van der Waals surface area contributed by atoms with Crippen molar-refractivity contribution in [3.05, 3.63) is 35.9 Å². The van der Waals surface area contributed by atoms with Gasteiger partial charge in [-0.1, -0.05) is 0 Å². The zero-order valence-electron chi connectivity index (χ0n) is 14.2. The van der Waals surface area contributed by atoms with E-state index in [0.29, 0.717) is 6.54 Å². The van der Waals surface area contributed by atoms with Crippen LogP contribution in [0.3, 0.4) is 0 Å². The molecule has 0 saturated carbocycles. The summed E-state index contributed by atoms with van der Waals surface area (Å²) < 4.78 is 12.2. The Kier molecular flexibility index (Phi) is 4.84. The molecular formula is C17H19N5O3. The van der Waals surface area contributed by atoms with E-state index in [4.69, 9.17) is 14.7 Å². The first-order valence-corrected chi connectivity index (χ1v) is 7.97. The fourth-order valence-corrected chi connectivity index (χ4v) is 3.14. The minimum Gasteiger partial charge on any atom is -0.497 e. The van der Waals surface area contributed by atoms with Crippen LogP contribution in [0.5, 0.6) is 11.5 Å². The highest BCUT2D eigenvalue weighted by Crippen LogP contribution is 2.38. The van der Waals surface area contributed by atoms with E-state index in [1.54, 1.807) is 14.2 Å². The number of rotatable bonds is 5. The molecule has 25 heavy (non-hydrogen) atoms. The lowest BCUT2D eigenvalue weighted by Gasteiger charge is -2.26. The first-order valence-electron chi connectivity index (χ1n) is 7.97. The van der Waals surface area contributed by atoms with Gasteiger partial charge in [-0.3, -0.25) is 4.79 Å². The molecule has 1 aliphatic heterocycles. The average molecular weight is 341 g/mol. The quantitative estimate of drug-likeness (QED) is 0.819. The van der Waals surface area contributed by atoms with E-state index >= 15 is 0 Å². The number of methoxy groups -OCH3 is 2. The number of aromatic nitrogens is 3. The van der Waals surface area contributed by atoms with Crippen molar-refractivity contribution in [2.45, 2.75) is 25.4 Å². The third-order valence-corrected chi connectivity index (χ3v) is 4.30. The molecule has 3 rings (SSSR count). The standard InChI is InChI=1S/C17H19N5O3/c1-24-12-5-6-15(25-2)13(8-12)14-4-3-7-22(14)17(23)10-21-11-19-16(9-18)20-21/h5-6,8,11,14H,3-4,7,10H2,1-2H3. The van der Waals surface area contributed by atoms with Crippen molar-refractivity contribution in [2.24, 2.45) is 0 Å². The smallest absolute Gasteiger partial charge is 0.252 e. The van der Waals surface area contributed by atoms with Crippen molar-refractivity contribution in [2.75, 3.05) is 20.8 Å². The largest absolute Gasteiger partial charge is 0.497 e. The molecule has 1 atom stereocenters. The molecule has 1 amide bonds. The van der Waals surface area contributed by atoms with E-state index in [1.165, 1.54) is 11.0 Å². The molecule has 1 aliphatic rings. The molecule has 1 aromatic carbocycles. The summed E-state index contributed by atoms with van der Waals surface area (Å²) in [6, 6.07) is 7.38. The second-order valence-corrected chi connectivity index (χ2v) is 5.73. The Morgan fingerprint density at radius 2 is 2.24 bits per heavy atom. The Morgan fingerprint density at radius 1 is 1.40 bits per heavy atom. The molecule has 130 valence electrons. The number of ether oxygens (including phenoxy) is 2. The van der Waals surface area contributed by atoms with E-state index < -0.39 is 0 Å². The van der Waals surface area contributed by atoms with Gasteiger partial charge in [0, 0.05) is 12.1 Å². The maximum absolute atomic E-state index is 12.7. The van der Waals surface area contributed by atoms with Crippen LogP contribution in [0.1, 0.15) is 30.3 Å². The van der Waals surface area contributed by atoms with Crippen molar-refractivity contribution in [3.63, 3.8) is 0 Å². The number of carbonyl (C=O) groups excluding carboxylic acids is 1. The Bertz CT molecular complexity index is 811. The molecule has 0 aliphatic carbocycles. The first-order chi connectivity index (χ1) is 12.2. The Hall–Kier alpha value is -3.08. The first kappa shape index (κ1) is 16.8. The Morgan fingerprint density at radius 3 is 2.92 bits per heavy atom. The van der Waals surface area contributed by atoms with Gasteiger partial charge in [0.05, 0.1) is 20.3 Å². The third kappa shape index (κ3) is 3.40. The summed E-state index contributed by atoms with van der Waals surface area (Å²) in [5.41, 5.74) is 0.934. The number of likely N-dealkylation sites (tertiary alicyclic amines) is 1. The van der Waals surface area contributed by atoms with Crippen LogP contribution < -0.4 is 9.47 Å². The molecule has 8 heteroatoms. The normalized spacial score (nSPS) is 16.5. The highest BCUT2D eigenvalue weighted by molar-refractivity contribution is 5.77. The van der Waals surface area contributed by atoms with Crippen molar-refractivity contribution >= 4 is 5.91 Å². The molecular weight excluding hydrogens is 322 g/mol. The molecule has 1 saturated heterocycles. The lowest BCUT2D eigenvalue weighted by atomic mass is 10.0. The zero-order chi connectivity index (χ0) is 17.8. The lowest BCUT2D eigenvalue weighted by Crippen LogP contribution is -2.33. The van der Waals surface area contributed by atoms with Gasteiger partial charge in [0.15, 0.2) is 0 Å². The Labute approximate surface area is 145 Å². The number of amides is 1. The van der Waals surface area contributed by atoms with Gasteiger partial charge >= 0.3 is 0 Å². The predicted octanol–water partition coefficient (Wildman–Crippen LogP) is 1.53. The van der Waals surface area contributed by atoms with Gasteiger partial charge in [0.2, 0.25) is 5.91 Å². The second-order valence-electron chi connectivity index (χ2n) is 5.73. The van der Waals surface area contributed by atoms with Gasteiger partial charge < -0.3 is 14.4 Å². The fourth-order valence-electron chi connectivity index (χ4n) is 3.14. The molecule has 1 unspecified atom stereocenters. The van der Waals surface area contributed by atoms with E-state index in [9.17, 15) is 4.79 Å². The summed E-state index contributed by atoms with van der Waals surface area (Å²) in [7, 11) is 3.23. The molecule has 2 aromatic rings. The average Bonchev–Trinajstić information content (AvgIpc) is 3.30. The molecule has 0 spiro atoms. The summed E-state index contributed by atoms with van der Waals surface area (Å²) >= 11 is 0. The van der Waals surface area contributed by atoms with Crippen LogP contribution in [0, 0.1) is 11.3 Å². The van der Waals surface area contributed by atoms with Gasteiger partial charge in [0.25, 0.3) is 5.82 Å². The van der Waals surface area contributed by atoms with Crippen molar-refractivity contribution in [1.82, 2.24) is 19.7 Å². The van der Waals surface area contributed by atoms with Crippen molar-refractivity contribution in [3.8, 4) is 17.6 Å². The van der Waals surface area contributed by atoms with Gasteiger partial charge in [-0.25, -0.2) is 9.67 Å². The number of carbonyl (C=O) groups is 1. The molecule has 1 aromatic heterocycles. The molecule has 2 heterocycles. The molecule has 0 bridgehead atoms. The summed E-state index contributed by atoms with van der Waals surface area (Å²) in [4.78, 5) is 18.4. The fraction of sp³-hybridized carbons (Fsp3) is 0.412. The highest BCUT2D eigenvalue weighted by Gasteiger charge is 2.32. The van der Waals surface area contributed by atoms with Gasteiger partial charge in [-0.05, 0) is 31.0 Å². The molecule has 0 radical (unpaired) electrons. The summed E-state index contributed by atoms with van der Waals surface area (Å²) in [5.74, 6) is 1.45.